The number of nitrogens with one attached hydrogen (secondary N) is 1. The molecule has 0 radical (unpaired) electrons. The lowest BCUT2D eigenvalue weighted by Crippen LogP contribution is -2.40. The molecular formula is C14H20N4O2. The summed E-state index contributed by atoms with van der Waals surface area (Å²) in [6, 6.07) is 3.64. The molecular weight excluding hydrogens is 256 g/mol. The molecule has 2 amide bonds. The van der Waals surface area contributed by atoms with E-state index in [9.17, 15) is 9.59 Å². The van der Waals surface area contributed by atoms with Crippen LogP contribution in [0.15, 0.2) is 18.3 Å². The number of rotatable bonds is 4. The highest BCUT2D eigenvalue weighted by atomic mass is 16.2. The smallest absolute Gasteiger partial charge is 0.244 e. The van der Waals surface area contributed by atoms with Gasteiger partial charge in [-0.05, 0) is 25.0 Å². The van der Waals surface area contributed by atoms with Crippen LogP contribution >= 0.6 is 0 Å². The summed E-state index contributed by atoms with van der Waals surface area (Å²) in [5.41, 5.74) is 0.644. The number of anilines is 2. The highest BCUT2D eigenvalue weighted by molar-refractivity contribution is 5.94. The van der Waals surface area contributed by atoms with E-state index in [1.165, 1.54) is 0 Å². The largest absolute Gasteiger partial charge is 0.363 e. The maximum Gasteiger partial charge on any atom is 0.244 e. The van der Waals surface area contributed by atoms with E-state index in [-0.39, 0.29) is 18.4 Å². The fourth-order valence-electron chi connectivity index (χ4n) is 2.13. The van der Waals surface area contributed by atoms with Crippen LogP contribution in [0.3, 0.4) is 0 Å². The molecule has 6 nitrogen and oxygen atoms in total. The third-order valence-corrected chi connectivity index (χ3v) is 3.25. The summed E-state index contributed by atoms with van der Waals surface area (Å²) in [5, 5.41) is 2.76. The van der Waals surface area contributed by atoms with Gasteiger partial charge < -0.3 is 15.1 Å². The van der Waals surface area contributed by atoms with Gasteiger partial charge in [-0.25, -0.2) is 4.98 Å². The summed E-state index contributed by atoms with van der Waals surface area (Å²) in [5.74, 6) is 0.710. The molecule has 0 atom stereocenters. The average Bonchev–Trinajstić information content (AvgIpc) is 2.42. The van der Waals surface area contributed by atoms with Gasteiger partial charge in [0, 0.05) is 27.1 Å². The molecule has 0 saturated carbocycles. The first-order valence-corrected chi connectivity index (χ1v) is 6.77. The van der Waals surface area contributed by atoms with Crippen molar-refractivity contribution in [1.82, 2.24) is 9.88 Å². The third kappa shape index (κ3) is 3.69. The SMILES string of the molecule is CN(C)c1ccc(NC(=O)CN2CCCCC2=O)cn1. The van der Waals surface area contributed by atoms with Crippen LogP contribution < -0.4 is 10.2 Å². The Morgan fingerprint density at radius 1 is 1.40 bits per heavy atom. The first-order chi connectivity index (χ1) is 9.56. The Morgan fingerprint density at radius 3 is 2.80 bits per heavy atom. The zero-order valence-electron chi connectivity index (χ0n) is 11.9. The van der Waals surface area contributed by atoms with Crippen molar-refractivity contribution in [2.45, 2.75) is 19.3 Å². The normalized spacial score (nSPS) is 15.1. The summed E-state index contributed by atoms with van der Waals surface area (Å²) in [4.78, 5) is 31.3. The number of aromatic nitrogens is 1. The third-order valence-electron chi connectivity index (χ3n) is 3.25. The molecule has 1 aromatic heterocycles. The van der Waals surface area contributed by atoms with E-state index in [1.807, 2.05) is 25.1 Å². The molecule has 1 fully saturated rings. The van der Waals surface area contributed by atoms with Crippen molar-refractivity contribution >= 4 is 23.3 Å². The second kappa shape index (κ2) is 6.36. The van der Waals surface area contributed by atoms with Crippen LogP contribution in [0.25, 0.3) is 0 Å². The molecule has 0 aromatic carbocycles. The van der Waals surface area contributed by atoms with Crippen LogP contribution in [0.4, 0.5) is 11.5 Å². The number of likely N-dealkylation sites (tertiary alicyclic amines) is 1. The van der Waals surface area contributed by atoms with E-state index < -0.39 is 0 Å². The Labute approximate surface area is 118 Å². The standard InChI is InChI=1S/C14H20N4O2/c1-17(2)12-7-6-11(9-15-12)16-13(19)10-18-8-4-3-5-14(18)20/h6-7,9H,3-5,8,10H2,1-2H3,(H,16,19). The zero-order chi connectivity index (χ0) is 14.5. The van der Waals surface area contributed by atoms with Crippen molar-refractivity contribution in [3.8, 4) is 0 Å². The van der Waals surface area contributed by atoms with Crippen molar-refractivity contribution in [2.75, 3.05) is 37.4 Å². The van der Waals surface area contributed by atoms with Crippen molar-refractivity contribution in [3.05, 3.63) is 18.3 Å². The van der Waals surface area contributed by atoms with Crippen molar-refractivity contribution < 1.29 is 9.59 Å². The summed E-state index contributed by atoms with van der Waals surface area (Å²) >= 11 is 0. The molecule has 108 valence electrons. The predicted molar refractivity (Wildman–Crippen MR) is 77.6 cm³/mol. The van der Waals surface area contributed by atoms with Crippen LogP contribution in [-0.4, -0.2) is 48.9 Å². The quantitative estimate of drug-likeness (QED) is 0.894. The number of hydrogen-bond donors (Lipinski definition) is 1. The fourth-order valence-corrected chi connectivity index (χ4v) is 2.13. The van der Waals surface area contributed by atoms with E-state index >= 15 is 0 Å². The van der Waals surface area contributed by atoms with Gasteiger partial charge in [-0.2, -0.15) is 0 Å². The number of carbonyl (C=O) groups is 2. The molecule has 20 heavy (non-hydrogen) atoms. The van der Waals surface area contributed by atoms with E-state index in [0.717, 1.165) is 18.7 Å². The number of nitrogens with zero attached hydrogens (tertiary/aromatic N) is 3. The van der Waals surface area contributed by atoms with Crippen LogP contribution in [0.2, 0.25) is 0 Å². The molecule has 1 aliphatic rings. The average molecular weight is 276 g/mol. The Kier molecular flexibility index (Phi) is 4.55. The lowest BCUT2D eigenvalue weighted by Gasteiger charge is -2.25. The molecule has 0 unspecified atom stereocenters. The highest BCUT2D eigenvalue weighted by Gasteiger charge is 2.20. The van der Waals surface area contributed by atoms with Crippen LogP contribution in [0.5, 0.6) is 0 Å². The molecule has 0 spiro atoms. The van der Waals surface area contributed by atoms with Crippen molar-refractivity contribution in [1.29, 1.82) is 0 Å². The molecule has 1 N–H and O–H groups in total. The molecule has 0 bridgehead atoms. The highest BCUT2D eigenvalue weighted by Crippen LogP contribution is 2.13. The maximum absolute atomic E-state index is 11.9. The minimum Gasteiger partial charge on any atom is -0.363 e. The first-order valence-electron chi connectivity index (χ1n) is 6.77. The Hall–Kier alpha value is -2.11. The molecule has 2 rings (SSSR count). The molecule has 0 aliphatic carbocycles. The van der Waals surface area contributed by atoms with Gasteiger partial charge in [0.2, 0.25) is 11.8 Å². The topological polar surface area (TPSA) is 65.5 Å². The van der Waals surface area contributed by atoms with E-state index in [2.05, 4.69) is 10.3 Å². The van der Waals surface area contributed by atoms with Crippen LogP contribution in [0.1, 0.15) is 19.3 Å². The number of hydrogen-bond acceptors (Lipinski definition) is 4. The summed E-state index contributed by atoms with van der Waals surface area (Å²) < 4.78 is 0. The fraction of sp³-hybridized carbons (Fsp3) is 0.500. The van der Waals surface area contributed by atoms with Gasteiger partial charge in [-0.15, -0.1) is 0 Å². The van der Waals surface area contributed by atoms with Gasteiger partial charge in [0.05, 0.1) is 18.4 Å². The van der Waals surface area contributed by atoms with Gasteiger partial charge in [-0.1, -0.05) is 0 Å². The van der Waals surface area contributed by atoms with E-state index in [4.69, 9.17) is 0 Å². The van der Waals surface area contributed by atoms with Crippen molar-refractivity contribution in [2.24, 2.45) is 0 Å². The summed E-state index contributed by atoms with van der Waals surface area (Å²) in [7, 11) is 3.81. The lowest BCUT2D eigenvalue weighted by molar-refractivity contribution is -0.136. The minimum absolute atomic E-state index is 0.0625. The molecule has 1 aromatic rings. The molecule has 1 saturated heterocycles. The molecule has 1 aliphatic heterocycles. The summed E-state index contributed by atoms with van der Waals surface area (Å²) in [6.45, 7) is 0.790. The predicted octanol–water partition coefficient (Wildman–Crippen LogP) is 1.10. The Morgan fingerprint density at radius 2 is 2.20 bits per heavy atom. The monoisotopic (exact) mass is 276 g/mol. The molecule has 2 heterocycles. The zero-order valence-corrected chi connectivity index (χ0v) is 11.9. The number of amides is 2. The Balaban J connectivity index is 1.89. The lowest BCUT2D eigenvalue weighted by atomic mass is 10.1. The van der Waals surface area contributed by atoms with Gasteiger partial charge in [0.25, 0.3) is 0 Å². The second-order valence-corrected chi connectivity index (χ2v) is 5.12. The second-order valence-electron chi connectivity index (χ2n) is 5.12. The number of carbonyl (C=O) groups excluding carboxylic acids is 2. The van der Waals surface area contributed by atoms with Gasteiger partial charge in [-0.3, -0.25) is 9.59 Å². The summed E-state index contributed by atoms with van der Waals surface area (Å²) in [6.07, 6.45) is 4.06. The number of piperidine rings is 1. The number of pyridine rings is 1. The first kappa shape index (κ1) is 14.3. The van der Waals surface area contributed by atoms with Crippen LogP contribution in [0, 0.1) is 0 Å². The van der Waals surface area contributed by atoms with Gasteiger partial charge in [0.15, 0.2) is 0 Å². The minimum atomic E-state index is -0.181. The van der Waals surface area contributed by atoms with Gasteiger partial charge >= 0.3 is 0 Å². The Bertz CT molecular complexity index is 484. The maximum atomic E-state index is 11.9. The van der Waals surface area contributed by atoms with E-state index in [0.29, 0.717) is 18.7 Å². The van der Waals surface area contributed by atoms with Gasteiger partial charge in [0.1, 0.15) is 5.82 Å². The van der Waals surface area contributed by atoms with Crippen LogP contribution in [-0.2, 0) is 9.59 Å². The van der Waals surface area contributed by atoms with E-state index in [1.54, 1.807) is 17.2 Å². The molecule has 6 heteroatoms. The van der Waals surface area contributed by atoms with Crippen molar-refractivity contribution in [3.63, 3.8) is 0 Å².